The molecule has 0 heterocycles. The molecule has 0 aromatic heterocycles. The molecular weight excluding hydrogens is 511 g/mol. The standard InChI is InChI=1S/C25H26Cl2N2O3S2/c1-18-6-8-19(9-7-18)16-29(34(2,31)32)21-12-10-20(11-13-21)25(30)28-14-15-33-17-22-23(26)4-3-5-24(22)27/h3-13H,14-17H2,1-2H3,(H,28,30). The molecule has 3 rings (SSSR count). The number of rotatable bonds is 10. The fraction of sp³-hybridized carbons (Fsp3) is 0.240. The van der Waals surface area contributed by atoms with Crippen molar-refractivity contribution in [1.82, 2.24) is 5.32 Å². The Balaban J connectivity index is 1.55. The van der Waals surface area contributed by atoms with Crippen molar-refractivity contribution in [2.75, 3.05) is 22.9 Å². The van der Waals surface area contributed by atoms with Gasteiger partial charge in [0.25, 0.3) is 5.91 Å². The average molecular weight is 538 g/mol. The summed E-state index contributed by atoms with van der Waals surface area (Å²) in [6, 6.07) is 19.7. The Morgan fingerprint density at radius 3 is 2.18 bits per heavy atom. The van der Waals surface area contributed by atoms with E-state index in [-0.39, 0.29) is 12.5 Å². The largest absolute Gasteiger partial charge is 0.351 e. The zero-order valence-electron chi connectivity index (χ0n) is 18.9. The fourth-order valence-electron chi connectivity index (χ4n) is 3.22. The van der Waals surface area contributed by atoms with Crippen LogP contribution in [-0.4, -0.2) is 32.9 Å². The number of hydrogen-bond donors (Lipinski definition) is 1. The topological polar surface area (TPSA) is 66.5 Å². The summed E-state index contributed by atoms with van der Waals surface area (Å²) in [6.07, 6.45) is 1.18. The number of amides is 1. The maximum Gasteiger partial charge on any atom is 0.251 e. The smallest absolute Gasteiger partial charge is 0.251 e. The van der Waals surface area contributed by atoms with Gasteiger partial charge in [-0.1, -0.05) is 59.1 Å². The number of nitrogens with one attached hydrogen (secondary N) is 1. The summed E-state index contributed by atoms with van der Waals surface area (Å²) >= 11 is 14.0. The molecule has 0 saturated carbocycles. The van der Waals surface area contributed by atoms with Gasteiger partial charge in [0.1, 0.15) is 0 Å². The summed E-state index contributed by atoms with van der Waals surface area (Å²) in [5, 5.41) is 4.15. The van der Waals surface area contributed by atoms with E-state index in [1.807, 2.05) is 37.3 Å². The van der Waals surface area contributed by atoms with Gasteiger partial charge in [-0.05, 0) is 54.4 Å². The summed E-state index contributed by atoms with van der Waals surface area (Å²) in [6.45, 7) is 2.68. The molecule has 3 aromatic rings. The van der Waals surface area contributed by atoms with Gasteiger partial charge in [0.2, 0.25) is 10.0 Å². The SMILES string of the molecule is Cc1ccc(CN(c2ccc(C(=O)NCCSCc3c(Cl)cccc3Cl)cc2)S(C)(=O)=O)cc1. The molecule has 0 saturated heterocycles. The number of sulfonamides is 1. The highest BCUT2D eigenvalue weighted by Gasteiger charge is 2.18. The van der Waals surface area contributed by atoms with Crippen LogP contribution < -0.4 is 9.62 Å². The highest BCUT2D eigenvalue weighted by molar-refractivity contribution is 7.98. The predicted octanol–water partition coefficient (Wildman–Crippen LogP) is 5.93. The first-order chi connectivity index (χ1) is 16.1. The molecule has 1 amide bonds. The van der Waals surface area contributed by atoms with Crippen molar-refractivity contribution in [3.05, 3.63) is 99.0 Å². The van der Waals surface area contributed by atoms with Gasteiger partial charge in [0, 0.05) is 33.7 Å². The first kappa shape index (κ1) is 26.4. The normalized spacial score (nSPS) is 11.3. The molecule has 0 atom stereocenters. The minimum atomic E-state index is -3.50. The maximum absolute atomic E-state index is 12.5. The van der Waals surface area contributed by atoms with Gasteiger partial charge in [0.05, 0.1) is 18.5 Å². The van der Waals surface area contributed by atoms with E-state index < -0.39 is 10.0 Å². The number of anilines is 1. The van der Waals surface area contributed by atoms with Crippen LogP contribution >= 0.6 is 35.0 Å². The Morgan fingerprint density at radius 2 is 1.59 bits per heavy atom. The van der Waals surface area contributed by atoms with Crippen molar-refractivity contribution >= 4 is 56.6 Å². The third kappa shape index (κ3) is 7.40. The summed E-state index contributed by atoms with van der Waals surface area (Å²) in [4.78, 5) is 12.5. The van der Waals surface area contributed by atoms with E-state index in [2.05, 4.69) is 5.32 Å². The number of halogens is 2. The van der Waals surface area contributed by atoms with E-state index >= 15 is 0 Å². The summed E-state index contributed by atoms with van der Waals surface area (Å²) in [5.74, 6) is 1.14. The molecule has 3 aromatic carbocycles. The summed E-state index contributed by atoms with van der Waals surface area (Å²) in [5.41, 5.74) is 3.85. The molecule has 0 fully saturated rings. The lowest BCUT2D eigenvalue weighted by Crippen LogP contribution is -2.29. The highest BCUT2D eigenvalue weighted by atomic mass is 35.5. The molecule has 180 valence electrons. The summed E-state index contributed by atoms with van der Waals surface area (Å²) in [7, 11) is -3.50. The molecule has 0 spiro atoms. The lowest BCUT2D eigenvalue weighted by Gasteiger charge is -2.23. The van der Waals surface area contributed by atoms with E-state index in [9.17, 15) is 13.2 Å². The van der Waals surface area contributed by atoms with Gasteiger partial charge in [-0.2, -0.15) is 11.8 Å². The molecule has 0 radical (unpaired) electrons. The van der Waals surface area contributed by atoms with Crippen LogP contribution in [0.1, 0.15) is 27.0 Å². The molecule has 0 aliphatic rings. The van der Waals surface area contributed by atoms with Crippen molar-refractivity contribution < 1.29 is 13.2 Å². The number of carbonyl (C=O) groups excluding carboxylic acids is 1. The van der Waals surface area contributed by atoms with Crippen molar-refractivity contribution in [3.8, 4) is 0 Å². The van der Waals surface area contributed by atoms with E-state index in [0.717, 1.165) is 16.7 Å². The minimum absolute atomic E-state index is 0.215. The molecule has 5 nitrogen and oxygen atoms in total. The molecule has 0 aliphatic heterocycles. The molecule has 34 heavy (non-hydrogen) atoms. The first-order valence-corrected chi connectivity index (χ1v) is 14.3. The number of hydrogen-bond acceptors (Lipinski definition) is 4. The lowest BCUT2D eigenvalue weighted by molar-refractivity contribution is 0.0956. The van der Waals surface area contributed by atoms with Crippen LogP contribution in [0.4, 0.5) is 5.69 Å². The van der Waals surface area contributed by atoms with Gasteiger partial charge in [-0.3, -0.25) is 9.10 Å². The van der Waals surface area contributed by atoms with Crippen LogP contribution in [-0.2, 0) is 22.3 Å². The second kappa shape index (κ2) is 12.0. The molecule has 0 aliphatic carbocycles. The highest BCUT2D eigenvalue weighted by Crippen LogP contribution is 2.28. The van der Waals surface area contributed by atoms with E-state index in [0.29, 0.717) is 39.3 Å². The molecule has 9 heteroatoms. The first-order valence-electron chi connectivity index (χ1n) is 10.6. The minimum Gasteiger partial charge on any atom is -0.351 e. The Hall–Kier alpha value is -2.19. The number of thioether (sulfide) groups is 1. The molecule has 1 N–H and O–H groups in total. The van der Waals surface area contributed by atoms with Crippen molar-refractivity contribution in [1.29, 1.82) is 0 Å². The van der Waals surface area contributed by atoms with E-state index in [4.69, 9.17) is 23.2 Å². The second-order valence-electron chi connectivity index (χ2n) is 7.81. The third-order valence-corrected chi connectivity index (χ3v) is 7.94. The van der Waals surface area contributed by atoms with Crippen LogP contribution in [0.3, 0.4) is 0 Å². The Kier molecular flexibility index (Phi) is 9.31. The van der Waals surface area contributed by atoms with Crippen LogP contribution in [0.2, 0.25) is 10.0 Å². The van der Waals surface area contributed by atoms with Crippen LogP contribution in [0.5, 0.6) is 0 Å². The number of nitrogens with zero attached hydrogens (tertiary/aromatic N) is 1. The Labute approximate surface area is 215 Å². The van der Waals surface area contributed by atoms with Crippen molar-refractivity contribution in [3.63, 3.8) is 0 Å². The average Bonchev–Trinajstić information content (AvgIpc) is 2.79. The van der Waals surface area contributed by atoms with Gasteiger partial charge in [0.15, 0.2) is 0 Å². The van der Waals surface area contributed by atoms with Gasteiger partial charge >= 0.3 is 0 Å². The van der Waals surface area contributed by atoms with Crippen molar-refractivity contribution in [2.24, 2.45) is 0 Å². The maximum atomic E-state index is 12.5. The van der Waals surface area contributed by atoms with Gasteiger partial charge in [-0.15, -0.1) is 0 Å². The third-order valence-electron chi connectivity index (χ3n) is 5.10. The second-order valence-corrected chi connectivity index (χ2v) is 11.6. The molecule has 0 bridgehead atoms. The van der Waals surface area contributed by atoms with Crippen LogP contribution in [0, 0.1) is 6.92 Å². The lowest BCUT2D eigenvalue weighted by atomic mass is 10.1. The van der Waals surface area contributed by atoms with Crippen LogP contribution in [0.15, 0.2) is 66.7 Å². The molecule has 0 unspecified atom stereocenters. The van der Waals surface area contributed by atoms with E-state index in [1.54, 1.807) is 48.2 Å². The zero-order valence-corrected chi connectivity index (χ0v) is 22.1. The summed E-state index contributed by atoms with van der Waals surface area (Å²) < 4.78 is 26.1. The molecular formula is C25H26Cl2N2O3S2. The number of carbonyl (C=O) groups is 1. The number of benzene rings is 3. The zero-order chi connectivity index (χ0) is 24.7. The Morgan fingerprint density at radius 1 is 0.971 bits per heavy atom. The quantitative estimate of drug-likeness (QED) is 0.326. The van der Waals surface area contributed by atoms with Crippen molar-refractivity contribution in [2.45, 2.75) is 19.2 Å². The number of aryl methyl sites for hydroxylation is 1. The van der Waals surface area contributed by atoms with Gasteiger partial charge in [-0.25, -0.2) is 8.42 Å². The predicted molar refractivity (Wildman–Crippen MR) is 144 cm³/mol. The van der Waals surface area contributed by atoms with E-state index in [1.165, 1.54) is 10.6 Å². The van der Waals surface area contributed by atoms with Gasteiger partial charge < -0.3 is 5.32 Å². The Bertz CT molecular complexity index is 1210. The monoisotopic (exact) mass is 536 g/mol. The van der Waals surface area contributed by atoms with Crippen LogP contribution in [0.25, 0.3) is 0 Å². The fourth-order valence-corrected chi connectivity index (χ4v) is 5.71.